The molecule has 0 bridgehead atoms. The normalized spacial score (nSPS) is 12.4. The molecule has 0 aliphatic heterocycles. The van der Waals surface area contributed by atoms with Crippen molar-refractivity contribution in [1.82, 2.24) is 0 Å². The van der Waals surface area contributed by atoms with Crippen LogP contribution in [-0.2, 0) is 13.0 Å². The molecule has 0 aliphatic carbocycles. The fourth-order valence-electron chi connectivity index (χ4n) is 1.73. The molecule has 2 aromatic rings. The molecule has 0 aliphatic rings. The van der Waals surface area contributed by atoms with E-state index in [0.717, 1.165) is 17.7 Å². The highest BCUT2D eigenvalue weighted by molar-refractivity contribution is 7.11. The number of aryl methyl sites for hydroxylation is 1. The molecule has 0 saturated heterocycles. The van der Waals surface area contributed by atoms with Crippen LogP contribution in [0.1, 0.15) is 35.2 Å². The maximum atomic E-state index is 5.86. The minimum Gasteiger partial charge on any atom is -0.488 e. The first-order valence-electron chi connectivity index (χ1n) is 6.25. The van der Waals surface area contributed by atoms with E-state index in [9.17, 15) is 0 Å². The highest BCUT2D eigenvalue weighted by Gasteiger charge is 2.03. The van der Waals surface area contributed by atoms with Gasteiger partial charge in [0.25, 0.3) is 0 Å². The third-order valence-corrected chi connectivity index (χ3v) is 4.03. The predicted octanol–water partition coefficient (Wildman–Crippen LogP) is 3.91. The van der Waals surface area contributed by atoms with Crippen molar-refractivity contribution in [2.45, 2.75) is 32.9 Å². The van der Waals surface area contributed by atoms with Crippen molar-refractivity contribution in [3.05, 3.63) is 51.7 Å². The van der Waals surface area contributed by atoms with E-state index in [2.05, 4.69) is 19.1 Å². The van der Waals surface area contributed by atoms with Crippen LogP contribution in [0.2, 0.25) is 0 Å². The molecule has 2 N–H and O–H groups in total. The van der Waals surface area contributed by atoms with E-state index in [1.165, 1.54) is 9.75 Å². The predicted molar refractivity (Wildman–Crippen MR) is 77.1 cm³/mol. The summed E-state index contributed by atoms with van der Waals surface area (Å²) in [6.45, 7) is 4.78. The lowest BCUT2D eigenvalue weighted by atomic mass is 10.1. The molecular formula is C15H19NOS. The number of hydrogen-bond donors (Lipinski definition) is 1. The number of rotatable bonds is 5. The molecule has 0 radical (unpaired) electrons. The molecule has 96 valence electrons. The van der Waals surface area contributed by atoms with Crippen molar-refractivity contribution >= 4 is 11.3 Å². The van der Waals surface area contributed by atoms with Gasteiger partial charge in [-0.05, 0) is 43.2 Å². The van der Waals surface area contributed by atoms with Crippen LogP contribution in [0.3, 0.4) is 0 Å². The van der Waals surface area contributed by atoms with Crippen LogP contribution in [0, 0.1) is 0 Å². The molecule has 0 unspecified atom stereocenters. The summed E-state index contributed by atoms with van der Waals surface area (Å²) >= 11 is 1.81. The Hall–Kier alpha value is -1.32. The highest BCUT2D eigenvalue weighted by atomic mass is 32.1. The third kappa shape index (κ3) is 3.34. The molecule has 0 saturated carbocycles. The number of benzene rings is 1. The summed E-state index contributed by atoms with van der Waals surface area (Å²) in [5.74, 6) is 0.885. The number of ether oxygens (including phenoxy) is 1. The average Bonchev–Trinajstić information content (AvgIpc) is 2.84. The van der Waals surface area contributed by atoms with Gasteiger partial charge in [-0.25, -0.2) is 0 Å². The second-order valence-electron chi connectivity index (χ2n) is 4.37. The first kappa shape index (κ1) is 13.1. The van der Waals surface area contributed by atoms with E-state index in [1.54, 1.807) is 0 Å². The lowest BCUT2D eigenvalue weighted by molar-refractivity contribution is 0.309. The van der Waals surface area contributed by atoms with Crippen LogP contribution in [0.4, 0.5) is 0 Å². The van der Waals surface area contributed by atoms with Crippen LogP contribution in [0.25, 0.3) is 0 Å². The molecule has 18 heavy (non-hydrogen) atoms. The van der Waals surface area contributed by atoms with Gasteiger partial charge in [0, 0.05) is 15.8 Å². The van der Waals surface area contributed by atoms with E-state index in [1.807, 2.05) is 42.5 Å². The Morgan fingerprint density at radius 1 is 1.22 bits per heavy atom. The zero-order valence-corrected chi connectivity index (χ0v) is 11.7. The molecule has 0 spiro atoms. The van der Waals surface area contributed by atoms with Crippen LogP contribution in [0.5, 0.6) is 5.75 Å². The second kappa shape index (κ2) is 6.03. The number of hydrogen-bond acceptors (Lipinski definition) is 3. The Kier molecular flexibility index (Phi) is 4.39. The Morgan fingerprint density at radius 3 is 2.67 bits per heavy atom. The van der Waals surface area contributed by atoms with Crippen molar-refractivity contribution < 1.29 is 4.74 Å². The SMILES string of the molecule is CCc1ccc(COc2cccc([C@H](C)N)c2)s1. The molecule has 3 heteroatoms. The van der Waals surface area contributed by atoms with Crippen LogP contribution in [-0.4, -0.2) is 0 Å². The summed E-state index contributed by atoms with van der Waals surface area (Å²) in [5.41, 5.74) is 6.96. The fraction of sp³-hybridized carbons (Fsp3) is 0.333. The van der Waals surface area contributed by atoms with Gasteiger partial charge in [-0.15, -0.1) is 11.3 Å². The fourth-order valence-corrected chi connectivity index (χ4v) is 2.60. The van der Waals surface area contributed by atoms with E-state index in [4.69, 9.17) is 10.5 Å². The minimum absolute atomic E-state index is 0.0435. The molecule has 0 amide bonds. The van der Waals surface area contributed by atoms with Crippen molar-refractivity contribution in [1.29, 1.82) is 0 Å². The third-order valence-electron chi connectivity index (χ3n) is 2.83. The summed E-state index contributed by atoms with van der Waals surface area (Å²) < 4.78 is 5.80. The van der Waals surface area contributed by atoms with Crippen molar-refractivity contribution in [2.24, 2.45) is 5.73 Å². The zero-order valence-electron chi connectivity index (χ0n) is 10.8. The Labute approximate surface area is 112 Å². The van der Waals surface area contributed by atoms with Crippen LogP contribution in [0.15, 0.2) is 36.4 Å². The Balaban J connectivity index is 1.99. The Bertz CT molecular complexity index is 505. The first-order chi connectivity index (χ1) is 8.69. The summed E-state index contributed by atoms with van der Waals surface area (Å²) in [6.07, 6.45) is 1.09. The van der Waals surface area contributed by atoms with E-state index in [-0.39, 0.29) is 6.04 Å². The van der Waals surface area contributed by atoms with E-state index < -0.39 is 0 Å². The Morgan fingerprint density at radius 2 is 2.00 bits per heavy atom. The quantitative estimate of drug-likeness (QED) is 0.885. The first-order valence-corrected chi connectivity index (χ1v) is 7.06. The van der Waals surface area contributed by atoms with Crippen molar-refractivity contribution in [3.8, 4) is 5.75 Å². The largest absolute Gasteiger partial charge is 0.488 e. The maximum Gasteiger partial charge on any atom is 0.122 e. The highest BCUT2D eigenvalue weighted by Crippen LogP contribution is 2.21. The van der Waals surface area contributed by atoms with Crippen molar-refractivity contribution in [2.75, 3.05) is 0 Å². The van der Waals surface area contributed by atoms with Gasteiger partial charge in [-0.3, -0.25) is 0 Å². The summed E-state index contributed by atoms with van der Waals surface area (Å²) in [7, 11) is 0. The lowest BCUT2D eigenvalue weighted by Gasteiger charge is -2.09. The topological polar surface area (TPSA) is 35.2 Å². The average molecular weight is 261 g/mol. The smallest absolute Gasteiger partial charge is 0.122 e. The molecule has 2 nitrogen and oxygen atoms in total. The van der Waals surface area contributed by atoms with Gasteiger partial charge in [0.05, 0.1) is 0 Å². The van der Waals surface area contributed by atoms with Gasteiger partial charge >= 0.3 is 0 Å². The summed E-state index contributed by atoms with van der Waals surface area (Å²) in [4.78, 5) is 2.66. The number of nitrogens with two attached hydrogens (primary N) is 1. The lowest BCUT2D eigenvalue weighted by Crippen LogP contribution is -2.05. The van der Waals surface area contributed by atoms with Gasteiger partial charge in [-0.1, -0.05) is 19.1 Å². The van der Waals surface area contributed by atoms with Gasteiger partial charge in [0.2, 0.25) is 0 Å². The molecular weight excluding hydrogens is 242 g/mol. The van der Waals surface area contributed by atoms with Crippen molar-refractivity contribution in [3.63, 3.8) is 0 Å². The number of thiophene rings is 1. The maximum absolute atomic E-state index is 5.86. The minimum atomic E-state index is 0.0435. The van der Waals surface area contributed by atoms with Gasteiger partial charge in [0.15, 0.2) is 0 Å². The molecule has 1 heterocycles. The summed E-state index contributed by atoms with van der Waals surface area (Å²) in [5, 5.41) is 0. The molecule has 2 rings (SSSR count). The standard InChI is InChI=1S/C15H19NOS/c1-3-14-7-8-15(18-14)10-17-13-6-4-5-12(9-13)11(2)16/h4-9,11H,3,10,16H2,1-2H3/t11-/m0/s1. The van der Waals surface area contributed by atoms with Crippen LogP contribution < -0.4 is 10.5 Å². The second-order valence-corrected chi connectivity index (χ2v) is 5.62. The molecule has 1 aromatic heterocycles. The monoisotopic (exact) mass is 261 g/mol. The molecule has 1 atom stereocenters. The van der Waals surface area contributed by atoms with Gasteiger partial charge in [-0.2, -0.15) is 0 Å². The molecule has 0 fully saturated rings. The zero-order chi connectivity index (χ0) is 13.0. The molecule has 1 aromatic carbocycles. The van der Waals surface area contributed by atoms with Gasteiger partial charge in [0.1, 0.15) is 12.4 Å². The van der Waals surface area contributed by atoms with Gasteiger partial charge < -0.3 is 10.5 Å². The van der Waals surface area contributed by atoms with E-state index >= 15 is 0 Å². The van der Waals surface area contributed by atoms with E-state index in [0.29, 0.717) is 6.61 Å². The van der Waals surface area contributed by atoms with Crippen LogP contribution >= 0.6 is 11.3 Å². The summed E-state index contributed by atoms with van der Waals surface area (Å²) in [6, 6.07) is 12.3.